The Labute approximate surface area is 129 Å². The molecule has 1 aliphatic rings. The molecule has 21 heavy (non-hydrogen) atoms. The van der Waals surface area contributed by atoms with Gasteiger partial charge < -0.3 is 10.1 Å². The number of hydrogen-bond donors (Lipinski definition) is 1. The lowest BCUT2D eigenvalue weighted by Crippen LogP contribution is -2.35. The highest BCUT2D eigenvalue weighted by molar-refractivity contribution is 5.25. The van der Waals surface area contributed by atoms with Crippen LogP contribution in [0.15, 0.2) is 12.1 Å². The molecular weight excluding hydrogens is 260 g/mol. The molecule has 0 unspecified atom stereocenters. The molecule has 1 saturated carbocycles. The topological polar surface area (TPSA) is 34.1 Å². The van der Waals surface area contributed by atoms with E-state index >= 15 is 0 Å². The fraction of sp³-hybridized carbons (Fsp3) is 0.722. The molecular formula is C18H30N2O. The third kappa shape index (κ3) is 5.66. The molecule has 0 saturated heterocycles. The van der Waals surface area contributed by atoms with Crippen molar-refractivity contribution >= 4 is 0 Å². The predicted octanol–water partition coefficient (Wildman–Crippen LogP) is 4.24. The number of nitrogens with zero attached hydrogens (tertiary/aromatic N) is 1. The molecule has 0 bridgehead atoms. The highest BCUT2D eigenvalue weighted by Crippen LogP contribution is 2.23. The van der Waals surface area contributed by atoms with Crippen LogP contribution in [0.3, 0.4) is 0 Å². The molecule has 1 aliphatic carbocycles. The van der Waals surface area contributed by atoms with Crippen molar-refractivity contribution in [3.63, 3.8) is 0 Å². The van der Waals surface area contributed by atoms with Crippen LogP contribution in [0, 0.1) is 0 Å². The lowest BCUT2D eigenvalue weighted by molar-refractivity contribution is 0.148. The summed E-state index contributed by atoms with van der Waals surface area (Å²) in [4.78, 5) is 4.64. The Morgan fingerprint density at radius 1 is 1.19 bits per heavy atom. The molecule has 0 spiro atoms. The maximum Gasteiger partial charge on any atom is 0.214 e. The minimum Gasteiger partial charge on any atom is -0.474 e. The smallest absolute Gasteiger partial charge is 0.214 e. The van der Waals surface area contributed by atoms with Gasteiger partial charge in [0.05, 0.1) is 0 Å². The molecule has 2 rings (SSSR count). The Kier molecular flexibility index (Phi) is 5.63. The molecule has 0 amide bonds. The summed E-state index contributed by atoms with van der Waals surface area (Å²) in [6.07, 6.45) is 7.59. The number of aromatic nitrogens is 1. The van der Waals surface area contributed by atoms with Crippen LogP contribution in [-0.4, -0.2) is 16.6 Å². The van der Waals surface area contributed by atoms with Crippen LogP contribution in [0.4, 0.5) is 0 Å². The molecule has 0 radical (unpaired) electrons. The SMILES string of the molecule is CCc1cc(CNC(C)(C)C)cc(OC2CCCCC2)n1. The van der Waals surface area contributed by atoms with Crippen LogP contribution in [0.1, 0.15) is 71.1 Å². The van der Waals surface area contributed by atoms with Gasteiger partial charge in [-0.1, -0.05) is 13.3 Å². The summed E-state index contributed by atoms with van der Waals surface area (Å²) in [6, 6.07) is 4.29. The van der Waals surface area contributed by atoms with Crippen LogP contribution >= 0.6 is 0 Å². The minimum atomic E-state index is 0.125. The quantitative estimate of drug-likeness (QED) is 0.880. The molecule has 1 N–H and O–H groups in total. The zero-order chi connectivity index (χ0) is 15.3. The minimum absolute atomic E-state index is 0.125. The lowest BCUT2D eigenvalue weighted by atomic mass is 9.98. The molecule has 0 aliphatic heterocycles. The average Bonchev–Trinajstić information content (AvgIpc) is 2.45. The predicted molar refractivity (Wildman–Crippen MR) is 87.7 cm³/mol. The summed E-state index contributed by atoms with van der Waals surface area (Å²) in [7, 11) is 0. The van der Waals surface area contributed by atoms with Gasteiger partial charge in [-0.2, -0.15) is 0 Å². The van der Waals surface area contributed by atoms with E-state index in [-0.39, 0.29) is 5.54 Å². The first-order chi connectivity index (χ1) is 9.96. The van der Waals surface area contributed by atoms with Crippen molar-refractivity contribution in [3.8, 4) is 5.88 Å². The molecule has 3 heteroatoms. The standard InChI is InChI=1S/C18H30N2O/c1-5-15-11-14(13-19-18(2,3)4)12-17(20-15)21-16-9-7-6-8-10-16/h11-12,16,19H,5-10,13H2,1-4H3. The molecule has 0 aromatic carbocycles. The highest BCUT2D eigenvalue weighted by Gasteiger charge is 2.16. The highest BCUT2D eigenvalue weighted by atomic mass is 16.5. The van der Waals surface area contributed by atoms with E-state index in [2.05, 4.69) is 50.1 Å². The van der Waals surface area contributed by atoms with Crippen molar-refractivity contribution in [1.82, 2.24) is 10.3 Å². The monoisotopic (exact) mass is 290 g/mol. The first kappa shape index (κ1) is 16.3. The van der Waals surface area contributed by atoms with Crippen molar-refractivity contribution < 1.29 is 4.74 Å². The van der Waals surface area contributed by atoms with Crippen molar-refractivity contribution in [3.05, 3.63) is 23.4 Å². The van der Waals surface area contributed by atoms with Crippen molar-refractivity contribution in [1.29, 1.82) is 0 Å². The molecule has 3 nitrogen and oxygen atoms in total. The van der Waals surface area contributed by atoms with Gasteiger partial charge >= 0.3 is 0 Å². The first-order valence-corrected chi connectivity index (χ1v) is 8.38. The second-order valence-electron chi connectivity index (χ2n) is 7.14. The number of nitrogens with one attached hydrogen (secondary N) is 1. The molecule has 1 fully saturated rings. The average molecular weight is 290 g/mol. The number of hydrogen-bond acceptors (Lipinski definition) is 3. The van der Waals surface area contributed by atoms with Crippen LogP contribution in [0.5, 0.6) is 5.88 Å². The van der Waals surface area contributed by atoms with Crippen LogP contribution in [0.2, 0.25) is 0 Å². The van der Waals surface area contributed by atoms with Crippen molar-refractivity contribution in [2.24, 2.45) is 0 Å². The van der Waals surface area contributed by atoms with Crippen LogP contribution in [0.25, 0.3) is 0 Å². The Bertz CT molecular complexity index is 445. The van der Waals surface area contributed by atoms with Crippen molar-refractivity contribution in [2.45, 2.75) is 84.4 Å². The van der Waals surface area contributed by atoms with Gasteiger partial charge in [-0.3, -0.25) is 0 Å². The van der Waals surface area contributed by atoms with E-state index in [9.17, 15) is 0 Å². The largest absolute Gasteiger partial charge is 0.474 e. The van der Waals surface area contributed by atoms with Gasteiger partial charge in [-0.25, -0.2) is 4.98 Å². The Balaban J connectivity index is 2.05. The summed E-state index contributed by atoms with van der Waals surface area (Å²) in [6.45, 7) is 9.57. The molecule has 1 heterocycles. The van der Waals surface area contributed by atoms with E-state index in [1.165, 1.54) is 37.7 Å². The number of aryl methyl sites for hydroxylation is 1. The maximum absolute atomic E-state index is 6.13. The fourth-order valence-electron chi connectivity index (χ4n) is 2.68. The summed E-state index contributed by atoms with van der Waals surface area (Å²) in [5, 5.41) is 3.54. The van der Waals surface area contributed by atoms with Crippen LogP contribution < -0.4 is 10.1 Å². The fourth-order valence-corrected chi connectivity index (χ4v) is 2.68. The number of pyridine rings is 1. The lowest BCUT2D eigenvalue weighted by Gasteiger charge is -2.24. The van der Waals surface area contributed by atoms with E-state index in [0.717, 1.165) is 24.5 Å². The van der Waals surface area contributed by atoms with E-state index in [1.807, 2.05) is 0 Å². The summed E-state index contributed by atoms with van der Waals surface area (Å²) in [5.74, 6) is 0.812. The Hall–Kier alpha value is -1.09. The summed E-state index contributed by atoms with van der Waals surface area (Å²) >= 11 is 0. The molecule has 1 aromatic rings. The van der Waals surface area contributed by atoms with Gasteiger partial charge in [-0.05, 0) is 64.5 Å². The summed E-state index contributed by atoms with van der Waals surface area (Å²) in [5.41, 5.74) is 2.51. The number of rotatable bonds is 5. The molecule has 0 atom stereocenters. The van der Waals surface area contributed by atoms with Gasteiger partial charge in [0.1, 0.15) is 6.10 Å². The molecule has 1 aromatic heterocycles. The zero-order valence-electron chi connectivity index (χ0n) is 14.0. The third-order valence-electron chi connectivity index (χ3n) is 3.94. The number of ether oxygens (including phenoxy) is 1. The Morgan fingerprint density at radius 3 is 2.52 bits per heavy atom. The van der Waals surface area contributed by atoms with Gasteiger partial charge in [0, 0.05) is 23.8 Å². The van der Waals surface area contributed by atoms with E-state index < -0.39 is 0 Å². The first-order valence-electron chi connectivity index (χ1n) is 8.38. The second kappa shape index (κ2) is 7.26. The van der Waals surface area contributed by atoms with Gasteiger partial charge in [0.2, 0.25) is 5.88 Å². The second-order valence-corrected chi connectivity index (χ2v) is 7.14. The van der Waals surface area contributed by atoms with Gasteiger partial charge in [0.25, 0.3) is 0 Å². The molecule has 118 valence electrons. The van der Waals surface area contributed by atoms with E-state index in [4.69, 9.17) is 4.74 Å². The zero-order valence-corrected chi connectivity index (χ0v) is 14.0. The van der Waals surface area contributed by atoms with Crippen LogP contribution in [-0.2, 0) is 13.0 Å². The maximum atomic E-state index is 6.13. The normalized spacial score (nSPS) is 17.0. The van der Waals surface area contributed by atoms with E-state index in [0.29, 0.717) is 6.10 Å². The van der Waals surface area contributed by atoms with Gasteiger partial charge in [0.15, 0.2) is 0 Å². The third-order valence-corrected chi connectivity index (χ3v) is 3.94. The Morgan fingerprint density at radius 2 is 1.90 bits per heavy atom. The van der Waals surface area contributed by atoms with Gasteiger partial charge in [-0.15, -0.1) is 0 Å². The van der Waals surface area contributed by atoms with E-state index in [1.54, 1.807) is 0 Å². The van der Waals surface area contributed by atoms with Crippen molar-refractivity contribution in [2.75, 3.05) is 0 Å². The summed E-state index contributed by atoms with van der Waals surface area (Å²) < 4.78 is 6.13.